The summed E-state index contributed by atoms with van der Waals surface area (Å²) < 4.78 is 0. The van der Waals surface area contributed by atoms with Gasteiger partial charge in [-0.15, -0.1) is 0 Å². The van der Waals surface area contributed by atoms with E-state index >= 15 is 0 Å². The number of carbonyl (C=O) groups is 3. The Kier molecular flexibility index (Phi) is 13.2. The maximum atomic E-state index is 11.9. The van der Waals surface area contributed by atoms with E-state index in [9.17, 15) is 4.79 Å². The van der Waals surface area contributed by atoms with Crippen LogP contribution in [0.5, 0.6) is 0 Å². The third-order valence-corrected chi connectivity index (χ3v) is 3.33. The first-order chi connectivity index (χ1) is 10.6. The van der Waals surface area contributed by atoms with E-state index in [2.05, 4.69) is 44.8 Å². The van der Waals surface area contributed by atoms with Crippen molar-refractivity contribution in [3.63, 3.8) is 0 Å². The number of carbonyl (C=O) groups excluding carboxylic acids is 1. The molecule has 0 spiro atoms. The molecule has 0 aromatic heterocycles. The van der Waals surface area contributed by atoms with Crippen molar-refractivity contribution in [2.75, 3.05) is 19.6 Å². The summed E-state index contributed by atoms with van der Waals surface area (Å²) >= 11 is 0. The van der Waals surface area contributed by atoms with Crippen molar-refractivity contribution in [2.24, 2.45) is 0 Å². The van der Waals surface area contributed by atoms with Gasteiger partial charge in [0.15, 0.2) is 0 Å². The lowest BCUT2D eigenvalue weighted by atomic mass is 9.96. The highest BCUT2D eigenvalue weighted by Crippen LogP contribution is 2.13. The average Bonchev–Trinajstić information content (AvgIpc) is 2.44. The molecule has 7 heteroatoms. The number of unbranched alkanes of at least 4 members (excludes halogenated alkanes) is 2. The highest BCUT2D eigenvalue weighted by Gasteiger charge is 2.20. The molecule has 0 saturated heterocycles. The number of carboxylic acid groups (broad SMARTS) is 2. The monoisotopic (exact) mass is 332 g/mol. The fraction of sp³-hybridized carbons (Fsp3) is 0.812. The van der Waals surface area contributed by atoms with Crippen LogP contribution in [0.1, 0.15) is 60.3 Å². The Morgan fingerprint density at radius 1 is 0.957 bits per heavy atom. The Hall–Kier alpha value is -1.63. The molecule has 0 rings (SSSR count). The van der Waals surface area contributed by atoms with Crippen LogP contribution in [0, 0.1) is 0 Å². The molecule has 0 radical (unpaired) electrons. The average molecular weight is 332 g/mol. The van der Waals surface area contributed by atoms with Gasteiger partial charge in [-0.2, -0.15) is 0 Å². The molecule has 0 bridgehead atoms. The van der Waals surface area contributed by atoms with E-state index in [0.29, 0.717) is 6.54 Å². The quantitative estimate of drug-likeness (QED) is 0.440. The van der Waals surface area contributed by atoms with Crippen molar-refractivity contribution in [3.05, 3.63) is 0 Å². The van der Waals surface area contributed by atoms with E-state index in [-0.39, 0.29) is 11.4 Å². The smallest absolute Gasteiger partial charge is 0.414 e. The van der Waals surface area contributed by atoms with Gasteiger partial charge in [0.25, 0.3) is 0 Å². The second-order valence-corrected chi connectivity index (χ2v) is 5.96. The molecule has 0 aliphatic rings. The van der Waals surface area contributed by atoms with Gasteiger partial charge in [0, 0.05) is 5.54 Å². The number of rotatable bonds is 9. The second-order valence-electron chi connectivity index (χ2n) is 5.96. The number of nitrogens with one attached hydrogen (secondary N) is 1. The van der Waals surface area contributed by atoms with Crippen LogP contribution in [0.25, 0.3) is 0 Å². The number of amides is 1. The molecule has 0 unspecified atom stereocenters. The predicted molar refractivity (Wildman–Crippen MR) is 89.4 cm³/mol. The molecule has 0 aromatic carbocycles. The first-order valence-electron chi connectivity index (χ1n) is 8.09. The molecule has 0 aliphatic carbocycles. The first kappa shape index (κ1) is 23.6. The van der Waals surface area contributed by atoms with Crippen LogP contribution in [-0.4, -0.2) is 58.1 Å². The van der Waals surface area contributed by atoms with E-state index in [0.717, 1.165) is 19.5 Å². The topological polar surface area (TPSA) is 107 Å². The molecule has 3 N–H and O–H groups in total. The number of carboxylic acids is 2. The van der Waals surface area contributed by atoms with Gasteiger partial charge < -0.3 is 15.5 Å². The van der Waals surface area contributed by atoms with Crippen molar-refractivity contribution in [1.29, 1.82) is 0 Å². The van der Waals surface area contributed by atoms with Gasteiger partial charge in [-0.05, 0) is 33.4 Å². The second kappa shape index (κ2) is 12.9. The molecule has 23 heavy (non-hydrogen) atoms. The normalized spacial score (nSPS) is 10.7. The molecular weight excluding hydrogens is 300 g/mol. The molecule has 1 amide bonds. The first-order valence-corrected chi connectivity index (χ1v) is 8.09. The zero-order chi connectivity index (χ0) is 18.5. The lowest BCUT2D eigenvalue weighted by Gasteiger charge is -2.28. The van der Waals surface area contributed by atoms with Crippen LogP contribution < -0.4 is 5.32 Å². The van der Waals surface area contributed by atoms with E-state index in [4.69, 9.17) is 19.8 Å². The molecule has 7 nitrogen and oxygen atoms in total. The van der Waals surface area contributed by atoms with Gasteiger partial charge >= 0.3 is 11.9 Å². The minimum absolute atomic E-state index is 0.0700. The zero-order valence-corrected chi connectivity index (χ0v) is 15.0. The molecule has 0 fully saturated rings. The Labute approximate surface area is 139 Å². The van der Waals surface area contributed by atoms with Crippen molar-refractivity contribution in [1.82, 2.24) is 10.2 Å². The summed E-state index contributed by atoms with van der Waals surface area (Å²) in [4.78, 5) is 32.2. The molecule has 0 aliphatic heterocycles. The molecular formula is C16H32N2O5. The Morgan fingerprint density at radius 3 is 1.78 bits per heavy atom. The number of hydrogen-bond acceptors (Lipinski definition) is 4. The minimum Gasteiger partial charge on any atom is -0.473 e. The van der Waals surface area contributed by atoms with E-state index in [1.165, 1.54) is 19.3 Å². The predicted octanol–water partition coefficient (Wildman–Crippen LogP) is 1.96. The lowest BCUT2D eigenvalue weighted by molar-refractivity contribution is -0.159. The number of aliphatic carboxylic acids is 2. The van der Waals surface area contributed by atoms with Crippen LogP contribution in [-0.2, 0) is 14.4 Å². The van der Waals surface area contributed by atoms with E-state index in [1.807, 2.05) is 0 Å². The van der Waals surface area contributed by atoms with Gasteiger partial charge in [0.2, 0.25) is 5.91 Å². The van der Waals surface area contributed by atoms with Crippen LogP contribution in [0.4, 0.5) is 0 Å². The zero-order valence-electron chi connectivity index (χ0n) is 15.0. The maximum Gasteiger partial charge on any atom is 0.414 e. The van der Waals surface area contributed by atoms with Crippen molar-refractivity contribution in [2.45, 2.75) is 65.8 Å². The minimum atomic E-state index is -1.82. The van der Waals surface area contributed by atoms with E-state index in [1.54, 1.807) is 0 Å². The molecule has 0 saturated carbocycles. The summed E-state index contributed by atoms with van der Waals surface area (Å²) in [6, 6.07) is 0. The number of nitrogens with zero attached hydrogens (tertiary/aromatic N) is 1. The third kappa shape index (κ3) is 15.1. The summed E-state index contributed by atoms with van der Waals surface area (Å²) in [5.74, 6) is -3.50. The highest BCUT2D eigenvalue weighted by molar-refractivity contribution is 6.27. The molecule has 136 valence electrons. The van der Waals surface area contributed by atoms with Crippen LogP contribution in [0.2, 0.25) is 0 Å². The largest absolute Gasteiger partial charge is 0.473 e. The number of hydrogen-bond donors (Lipinski definition) is 3. The highest BCUT2D eigenvalue weighted by atomic mass is 16.4. The summed E-state index contributed by atoms with van der Waals surface area (Å²) in [6.07, 6.45) is 4.72. The van der Waals surface area contributed by atoms with Gasteiger partial charge in [0.1, 0.15) is 0 Å². The van der Waals surface area contributed by atoms with Crippen molar-refractivity contribution < 1.29 is 24.6 Å². The van der Waals surface area contributed by atoms with Crippen LogP contribution >= 0.6 is 0 Å². The third-order valence-electron chi connectivity index (χ3n) is 3.33. The van der Waals surface area contributed by atoms with Crippen molar-refractivity contribution >= 4 is 17.8 Å². The number of likely N-dealkylation sites (N-methyl/N-ethyl adjacent to an activating group) is 1. The lowest BCUT2D eigenvalue weighted by Crippen LogP contribution is -2.47. The molecule has 0 atom stereocenters. The van der Waals surface area contributed by atoms with Gasteiger partial charge in [-0.1, -0.05) is 40.0 Å². The van der Waals surface area contributed by atoms with Gasteiger partial charge in [-0.25, -0.2) is 9.59 Å². The molecule has 0 heterocycles. The van der Waals surface area contributed by atoms with Crippen LogP contribution in [0.3, 0.4) is 0 Å². The summed E-state index contributed by atoms with van der Waals surface area (Å²) in [5, 5.41) is 17.9. The standard InChI is InChI=1S/C14H30N2O.C2H2O4/c1-6-9-10-11-14(4,5)15-13(17)12-16(7-2)8-3;3-1(4)2(5)6/h6-12H2,1-5H3,(H,15,17);(H,3,4)(H,5,6). The Balaban J connectivity index is 0. The summed E-state index contributed by atoms with van der Waals surface area (Å²) in [6.45, 7) is 13.0. The van der Waals surface area contributed by atoms with Gasteiger partial charge in [-0.3, -0.25) is 9.69 Å². The van der Waals surface area contributed by atoms with Crippen LogP contribution in [0.15, 0.2) is 0 Å². The Morgan fingerprint density at radius 2 is 1.43 bits per heavy atom. The fourth-order valence-electron chi connectivity index (χ4n) is 1.95. The summed E-state index contributed by atoms with van der Waals surface area (Å²) in [5.41, 5.74) is -0.0700. The van der Waals surface area contributed by atoms with Gasteiger partial charge in [0.05, 0.1) is 6.54 Å². The van der Waals surface area contributed by atoms with Crippen molar-refractivity contribution in [3.8, 4) is 0 Å². The fourth-order valence-corrected chi connectivity index (χ4v) is 1.95. The van der Waals surface area contributed by atoms with E-state index < -0.39 is 11.9 Å². The molecule has 0 aromatic rings. The summed E-state index contributed by atoms with van der Waals surface area (Å²) in [7, 11) is 0. The SMILES string of the molecule is CCCCCC(C)(C)NC(=O)CN(CC)CC.O=C(O)C(=O)O. The Bertz CT molecular complexity index is 353. The maximum absolute atomic E-state index is 11.9.